The van der Waals surface area contributed by atoms with Gasteiger partial charge in [0.05, 0.1) is 23.7 Å². The fourth-order valence-corrected chi connectivity index (χ4v) is 3.13. The van der Waals surface area contributed by atoms with Crippen LogP contribution in [0.2, 0.25) is 0 Å². The van der Waals surface area contributed by atoms with Crippen LogP contribution < -0.4 is 4.72 Å². The standard InChI is InChI=1S/C12H16INO6S/c13-11-3-2-9(8-10(11)12(16)17)21(18,19)14-4-1-6-20-7-5-15/h2-3,8,14-15H,1,4-7H2,(H,16,17). The number of sulfonamides is 1. The van der Waals surface area contributed by atoms with E-state index >= 15 is 0 Å². The van der Waals surface area contributed by atoms with Crippen molar-refractivity contribution < 1.29 is 28.2 Å². The van der Waals surface area contributed by atoms with Crippen molar-refractivity contribution in [1.82, 2.24) is 4.72 Å². The lowest BCUT2D eigenvalue weighted by molar-refractivity contribution is 0.0695. The molecule has 0 bridgehead atoms. The molecule has 0 atom stereocenters. The van der Waals surface area contributed by atoms with Gasteiger partial charge in [-0.3, -0.25) is 0 Å². The van der Waals surface area contributed by atoms with Gasteiger partial charge in [0.15, 0.2) is 0 Å². The Bertz CT molecular complexity index is 589. The zero-order valence-corrected chi connectivity index (χ0v) is 14.1. The predicted molar refractivity (Wildman–Crippen MR) is 83.8 cm³/mol. The molecule has 0 saturated heterocycles. The zero-order chi connectivity index (χ0) is 15.9. The second-order valence-corrected chi connectivity index (χ2v) is 6.96. The van der Waals surface area contributed by atoms with Gasteiger partial charge < -0.3 is 14.9 Å². The van der Waals surface area contributed by atoms with E-state index in [1.165, 1.54) is 12.1 Å². The fourth-order valence-electron chi connectivity index (χ4n) is 1.47. The maximum Gasteiger partial charge on any atom is 0.336 e. The summed E-state index contributed by atoms with van der Waals surface area (Å²) < 4.78 is 31.9. The molecule has 1 aromatic carbocycles. The van der Waals surface area contributed by atoms with Gasteiger partial charge in [0.2, 0.25) is 10.0 Å². The average molecular weight is 429 g/mol. The minimum atomic E-state index is -3.75. The van der Waals surface area contributed by atoms with Gasteiger partial charge in [-0.05, 0) is 47.2 Å². The molecule has 0 radical (unpaired) electrons. The second-order valence-electron chi connectivity index (χ2n) is 4.03. The second kappa shape index (κ2) is 8.63. The number of nitrogens with one attached hydrogen (secondary N) is 1. The molecule has 7 nitrogen and oxygen atoms in total. The lowest BCUT2D eigenvalue weighted by atomic mass is 10.2. The van der Waals surface area contributed by atoms with Gasteiger partial charge in [0.25, 0.3) is 0 Å². The van der Waals surface area contributed by atoms with Crippen molar-refractivity contribution >= 4 is 38.6 Å². The molecule has 1 aromatic rings. The van der Waals surface area contributed by atoms with E-state index < -0.39 is 16.0 Å². The summed E-state index contributed by atoms with van der Waals surface area (Å²) in [5, 5.41) is 17.5. The van der Waals surface area contributed by atoms with Crippen LogP contribution in [0.5, 0.6) is 0 Å². The van der Waals surface area contributed by atoms with Gasteiger partial charge in [-0.2, -0.15) is 0 Å². The molecule has 21 heavy (non-hydrogen) atoms. The van der Waals surface area contributed by atoms with Crippen molar-refractivity contribution in [2.24, 2.45) is 0 Å². The lowest BCUT2D eigenvalue weighted by Crippen LogP contribution is -2.26. The van der Waals surface area contributed by atoms with Crippen molar-refractivity contribution in [2.75, 3.05) is 26.4 Å². The first-order valence-electron chi connectivity index (χ1n) is 6.09. The summed E-state index contributed by atoms with van der Waals surface area (Å²) in [6.45, 7) is 0.635. The largest absolute Gasteiger partial charge is 0.478 e. The van der Waals surface area contributed by atoms with Gasteiger partial charge in [-0.25, -0.2) is 17.9 Å². The van der Waals surface area contributed by atoms with Gasteiger partial charge in [-0.15, -0.1) is 0 Å². The number of hydrogen-bond donors (Lipinski definition) is 3. The summed E-state index contributed by atoms with van der Waals surface area (Å²) >= 11 is 1.83. The molecule has 0 saturated carbocycles. The van der Waals surface area contributed by atoms with E-state index in [0.29, 0.717) is 16.6 Å². The van der Waals surface area contributed by atoms with Crippen LogP contribution in [0.4, 0.5) is 0 Å². The predicted octanol–water partition coefficient (Wildman–Crippen LogP) is 0.667. The molecule has 1 rings (SSSR count). The molecule has 118 valence electrons. The van der Waals surface area contributed by atoms with E-state index in [9.17, 15) is 13.2 Å². The highest BCUT2D eigenvalue weighted by Gasteiger charge is 2.17. The van der Waals surface area contributed by atoms with Gasteiger partial charge in [0.1, 0.15) is 0 Å². The van der Waals surface area contributed by atoms with E-state index in [1.807, 2.05) is 22.6 Å². The number of carbonyl (C=O) groups is 1. The Labute approximate surface area is 136 Å². The Hall–Kier alpha value is -0.750. The van der Waals surface area contributed by atoms with Crippen LogP contribution >= 0.6 is 22.6 Å². The molecule has 0 aliphatic carbocycles. The minimum absolute atomic E-state index is 0.0512. The number of carboxylic acid groups (broad SMARTS) is 1. The van der Waals surface area contributed by atoms with Crippen LogP contribution in [0.1, 0.15) is 16.8 Å². The molecule has 0 aromatic heterocycles. The Morgan fingerprint density at radius 2 is 2.05 bits per heavy atom. The van der Waals surface area contributed by atoms with Gasteiger partial charge >= 0.3 is 5.97 Å². The third-order valence-corrected chi connectivity index (χ3v) is 4.87. The van der Waals surface area contributed by atoms with Crippen LogP contribution in [0.15, 0.2) is 23.1 Å². The van der Waals surface area contributed by atoms with E-state index in [4.69, 9.17) is 14.9 Å². The molecule has 0 fully saturated rings. The topological polar surface area (TPSA) is 113 Å². The quantitative estimate of drug-likeness (QED) is 0.393. The van der Waals surface area contributed by atoms with Crippen LogP contribution in [-0.4, -0.2) is 51.0 Å². The SMILES string of the molecule is O=C(O)c1cc(S(=O)(=O)NCCCOCCO)ccc1I. The highest BCUT2D eigenvalue weighted by atomic mass is 127. The molecule has 9 heteroatoms. The summed E-state index contributed by atoms with van der Waals surface area (Å²) in [5.41, 5.74) is -0.0512. The maximum atomic E-state index is 12.0. The monoisotopic (exact) mass is 429 g/mol. The highest BCUT2D eigenvalue weighted by molar-refractivity contribution is 14.1. The van der Waals surface area contributed by atoms with Crippen LogP contribution in [-0.2, 0) is 14.8 Å². The number of aliphatic hydroxyl groups is 1. The molecule has 0 amide bonds. The van der Waals surface area contributed by atoms with Gasteiger partial charge in [0, 0.05) is 16.7 Å². The Kier molecular flexibility index (Phi) is 7.52. The van der Waals surface area contributed by atoms with E-state index in [1.54, 1.807) is 0 Å². The van der Waals surface area contributed by atoms with E-state index in [-0.39, 0.29) is 30.2 Å². The van der Waals surface area contributed by atoms with Gasteiger partial charge in [-0.1, -0.05) is 0 Å². The summed E-state index contributed by atoms with van der Waals surface area (Å²) in [4.78, 5) is 10.9. The molecule has 0 unspecified atom stereocenters. The average Bonchev–Trinajstić information content (AvgIpc) is 2.42. The van der Waals surface area contributed by atoms with E-state index in [0.717, 1.165) is 6.07 Å². The third kappa shape index (κ3) is 5.87. The van der Waals surface area contributed by atoms with E-state index in [2.05, 4.69) is 4.72 Å². The summed E-state index contributed by atoms with van der Waals surface area (Å²) in [7, 11) is -3.75. The number of rotatable bonds is 9. The number of aliphatic hydroxyl groups excluding tert-OH is 1. The van der Waals surface area contributed by atoms with Crippen molar-refractivity contribution in [2.45, 2.75) is 11.3 Å². The molecule has 3 N–H and O–H groups in total. The number of hydrogen-bond acceptors (Lipinski definition) is 5. The first kappa shape index (κ1) is 18.3. The zero-order valence-electron chi connectivity index (χ0n) is 11.1. The normalized spacial score (nSPS) is 11.5. The van der Waals surface area contributed by atoms with Crippen molar-refractivity contribution in [3.8, 4) is 0 Å². The Balaban J connectivity index is 2.66. The van der Waals surface area contributed by atoms with Crippen LogP contribution in [0, 0.1) is 3.57 Å². The lowest BCUT2D eigenvalue weighted by Gasteiger charge is -2.08. The van der Waals surface area contributed by atoms with Crippen molar-refractivity contribution in [3.63, 3.8) is 0 Å². The number of halogens is 1. The molecular formula is C12H16INO6S. The summed E-state index contributed by atoms with van der Waals surface area (Å²) in [6.07, 6.45) is 0.454. The fraction of sp³-hybridized carbons (Fsp3) is 0.417. The third-order valence-electron chi connectivity index (χ3n) is 2.47. The number of carboxylic acids is 1. The van der Waals surface area contributed by atoms with Crippen LogP contribution in [0.25, 0.3) is 0 Å². The molecule has 0 aliphatic heterocycles. The number of benzene rings is 1. The first-order valence-corrected chi connectivity index (χ1v) is 8.66. The molecule has 0 heterocycles. The summed E-state index contributed by atoms with van der Waals surface area (Å²) in [5.74, 6) is -1.17. The minimum Gasteiger partial charge on any atom is -0.478 e. The first-order chi connectivity index (χ1) is 9.88. The Morgan fingerprint density at radius 1 is 1.33 bits per heavy atom. The molecule has 0 aliphatic rings. The maximum absolute atomic E-state index is 12.0. The van der Waals surface area contributed by atoms with Crippen LogP contribution in [0.3, 0.4) is 0 Å². The molecule has 0 spiro atoms. The van der Waals surface area contributed by atoms with Crippen molar-refractivity contribution in [1.29, 1.82) is 0 Å². The Morgan fingerprint density at radius 3 is 2.67 bits per heavy atom. The highest BCUT2D eigenvalue weighted by Crippen LogP contribution is 2.17. The summed E-state index contributed by atoms with van der Waals surface area (Å²) in [6, 6.07) is 3.94. The van der Waals surface area contributed by atoms with Crippen molar-refractivity contribution in [3.05, 3.63) is 27.3 Å². The smallest absolute Gasteiger partial charge is 0.336 e. The number of aromatic carboxylic acids is 1. The number of ether oxygens (including phenoxy) is 1. The molecular weight excluding hydrogens is 413 g/mol.